The van der Waals surface area contributed by atoms with Gasteiger partial charge in [0.05, 0.1) is 12.2 Å². The van der Waals surface area contributed by atoms with E-state index in [9.17, 15) is 0 Å². The summed E-state index contributed by atoms with van der Waals surface area (Å²) in [5, 5.41) is 4.59. The number of nitrogens with zero attached hydrogens (tertiary/aromatic N) is 1. The number of hydrogen-bond donors (Lipinski definition) is 1. The van der Waals surface area contributed by atoms with E-state index >= 15 is 0 Å². The monoisotopic (exact) mass is 312 g/mol. The van der Waals surface area contributed by atoms with Crippen LogP contribution >= 0.6 is 11.3 Å². The van der Waals surface area contributed by atoms with Crippen molar-refractivity contribution in [2.24, 2.45) is 0 Å². The largest absolute Gasteiger partial charge is 0.465 e. The quantitative estimate of drug-likeness (QED) is 0.730. The maximum absolute atomic E-state index is 5.60. The third-order valence-electron chi connectivity index (χ3n) is 3.62. The van der Waals surface area contributed by atoms with Crippen LogP contribution in [0.4, 0.5) is 0 Å². The van der Waals surface area contributed by atoms with E-state index in [1.54, 1.807) is 11.3 Å². The molecular formula is C18H20N2OS. The molecule has 0 aliphatic heterocycles. The number of aryl methyl sites for hydroxylation is 2. The van der Waals surface area contributed by atoms with Crippen LogP contribution in [0.1, 0.15) is 35.1 Å². The Morgan fingerprint density at radius 3 is 2.59 bits per heavy atom. The summed E-state index contributed by atoms with van der Waals surface area (Å²) in [5.74, 6) is 1.92. The molecule has 2 aromatic heterocycles. The molecule has 0 aliphatic rings. The lowest BCUT2D eigenvalue weighted by atomic mass is 10.2. The van der Waals surface area contributed by atoms with Crippen molar-refractivity contribution >= 4 is 11.3 Å². The second kappa shape index (κ2) is 6.46. The summed E-state index contributed by atoms with van der Waals surface area (Å²) in [6, 6.07) is 14.6. The van der Waals surface area contributed by atoms with Gasteiger partial charge in [-0.2, -0.15) is 0 Å². The average molecular weight is 312 g/mol. The van der Waals surface area contributed by atoms with Gasteiger partial charge < -0.3 is 9.73 Å². The number of nitrogens with one attached hydrogen (secondary N) is 1. The Morgan fingerprint density at radius 2 is 1.91 bits per heavy atom. The van der Waals surface area contributed by atoms with Gasteiger partial charge in [0.25, 0.3) is 0 Å². The maximum atomic E-state index is 5.60. The zero-order valence-corrected chi connectivity index (χ0v) is 13.9. The average Bonchev–Trinajstić information content (AvgIpc) is 3.12. The Kier molecular flexibility index (Phi) is 4.41. The second-order valence-electron chi connectivity index (χ2n) is 5.45. The van der Waals surface area contributed by atoms with Crippen LogP contribution in [0.25, 0.3) is 10.6 Å². The van der Waals surface area contributed by atoms with E-state index in [0.717, 1.165) is 28.8 Å². The van der Waals surface area contributed by atoms with Crippen LogP contribution in [-0.2, 0) is 6.54 Å². The summed E-state index contributed by atoms with van der Waals surface area (Å²) in [5.41, 5.74) is 2.27. The van der Waals surface area contributed by atoms with E-state index in [0.29, 0.717) is 0 Å². The predicted octanol–water partition coefficient (Wildman–Crippen LogP) is 4.87. The Balaban J connectivity index is 1.72. The number of rotatable bonds is 5. The molecule has 0 amide bonds. The van der Waals surface area contributed by atoms with Crippen LogP contribution in [0, 0.1) is 13.8 Å². The molecule has 0 fully saturated rings. The van der Waals surface area contributed by atoms with Crippen molar-refractivity contribution in [2.45, 2.75) is 33.4 Å². The van der Waals surface area contributed by atoms with Gasteiger partial charge in [0, 0.05) is 16.5 Å². The minimum absolute atomic E-state index is 0.250. The fourth-order valence-electron chi connectivity index (χ4n) is 2.44. The molecule has 1 atom stereocenters. The fourth-order valence-corrected chi connectivity index (χ4v) is 3.54. The van der Waals surface area contributed by atoms with Crippen LogP contribution in [0.2, 0.25) is 0 Å². The highest BCUT2D eigenvalue weighted by Gasteiger charge is 2.15. The molecule has 3 rings (SSSR count). The SMILES string of the molecule is Cc1ccc(CNC(C)c2sc(-c3ccccc3)nc2C)o1. The summed E-state index contributed by atoms with van der Waals surface area (Å²) >= 11 is 1.76. The van der Waals surface area contributed by atoms with E-state index in [-0.39, 0.29) is 6.04 Å². The number of thiazole rings is 1. The standard InChI is InChI=1S/C18H20N2OS/c1-12-9-10-16(21-12)11-19-13(2)17-14(3)20-18(22-17)15-7-5-4-6-8-15/h4-10,13,19H,11H2,1-3H3. The zero-order valence-electron chi connectivity index (χ0n) is 13.1. The first kappa shape index (κ1) is 15.0. The van der Waals surface area contributed by atoms with Crippen molar-refractivity contribution in [1.82, 2.24) is 10.3 Å². The van der Waals surface area contributed by atoms with E-state index in [1.807, 2.05) is 37.3 Å². The molecule has 0 saturated heterocycles. The molecule has 4 heteroatoms. The van der Waals surface area contributed by atoms with Crippen LogP contribution in [0.5, 0.6) is 0 Å². The zero-order chi connectivity index (χ0) is 15.5. The summed E-state index contributed by atoms with van der Waals surface area (Å²) in [6.45, 7) is 6.94. The first-order chi connectivity index (χ1) is 10.6. The highest BCUT2D eigenvalue weighted by atomic mass is 32.1. The van der Waals surface area contributed by atoms with Crippen molar-refractivity contribution in [2.75, 3.05) is 0 Å². The van der Waals surface area contributed by atoms with E-state index in [1.165, 1.54) is 10.4 Å². The molecule has 0 spiro atoms. The lowest BCUT2D eigenvalue weighted by Crippen LogP contribution is -2.17. The third-order valence-corrected chi connectivity index (χ3v) is 5.01. The molecule has 3 aromatic rings. The van der Waals surface area contributed by atoms with Crippen LogP contribution in [0.3, 0.4) is 0 Å². The van der Waals surface area contributed by atoms with E-state index in [2.05, 4.69) is 31.3 Å². The van der Waals surface area contributed by atoms with Crippen LogP contribution in [0.15, 0.2) is 46.9 Å². The van der Waals surface area contributed by atoms with Gasteiger partial charge in [-0.05, 0) is 32.9 Å². The van der Waals surface area contributed by atoms with Gasteiger partial charge in [-0.25, -0.2) is 4.98 Å². The van der Waals surface area contributed by atoms with Crippen LogP contribution < -0.4 is 5.32 Å². The van der Waals surface area contributed by atoms with Gasteiger partial charge in [0.1, 0.15) is 16.5 Å². The Hall–Kier alpha value is -1.91. The molecule has 1 unspecified atom stereocenters. The molecular weight excluding hydrogens is 292 g/mol. The molecule has 1 aromatic carbocycles. The van der Waals surface area contributed by atoms with Crippen LogP contribution in [-0.4, -0.2) is 4.98 Å². The van der Waals surface area contributed by atoms with Crippen molar-refractivity contribution < 1.29 is 4.42 Å². The lowest BCUT2D eigenvalue weighted by Gasteiger charge is -2.11. The lowest BCUT2D eigenvalue weighted by molar-refractivity contribution is 0.445. The van der Waals surface area contributed by atoms with Gasteiger partial charge in [-0.1, -0.05) is 30.3 Å². The summed E-state index contributed by atoms with van der Waals surface area (Å²) in [7, 11) is 0. The second-order valence-corrected chi connectivity index (χ2v) is 6.48. The molecule has 3 nitrogen and oxygen atoms in total. The smallest absolute Gasteiger partial charge is 0.123 e. The fraction of sp³-hybridized carbons (Fsp3) is 0.278. The van der Waals surface area contributed by atoms with Crippen molar-refractivity contribution in [3.05, 3.63) is 64.6 Å². The van der Waals surface area contributed by atoms with Gasteiger partial charge in [0.2, 0.25) is 0 Å². The van der Waals surface area contributed by atoms with Gasteiger partial charge >= 0.3 is 0 Å². The molecule has 22 heavy (non-hydrogen) atoms. The van der Waals surface area contributed by atoms with Crippen molar-refractivity contribution in [3.63, 3.8) is 0 Å². The molecule has 1 N–H and O–H groups in total. The van der Waals surface area contributed by atoms with Gasteiger partial charge in [-0.15, -0.1) is 11.3 Å². The maximum Gasteiger partial charge on any atom is 0.123 e. The Morgan fingerprint density at radius 1 is 1.14 bits per heavy atom. The highest BCUT2D eigenvalue weighted by molar-refractivity contribution is 7.15. The highest BCUT2D eigenvalue weighted by Crippen LogP contribution is 2.31. The van der Waals surface area contributed by atoms with Gasteiger partial charge in [-0.3, -0.25) is 0 Å². The molecule has 114 valence electrons. The third kappa shape index (κ3) is 3.29. The Bertz CT molecular complexity index is 746. The summed E-state index contributed by atoms with van der Waals surface area (Å²) in [4.78, 5) is 6.00. The van der Waals surface area contributed by atoms with Crippen molar-refractivity contribution in [3.8, 4) is 10.6 Å². The summed E-state index contributed by atoms with van der Waals surface area (Å²) < 4.78 is 5.60. The first-order valence-corrected chi connectivity index (χ1v) is 8.26. The van der Waals surface area contributed by atoms with E-state index in [4.69, 9.17) is 9.40 Å². The van der Waals surface area contributed by atoms with E-state index < -0.39 is 0 Å². The molecule has 0 aliphatic carbocycles. The number of hydrogen-bond acceptors (Lipinski definition) is 4. The Labute approximate surface area is 135 Å². The van der Waals surface area contributed by atoms with Gasteiger partial charge in [0.15, 0.2) is 0 Å². The number of aromatic nitrogens is 1. The first-order valence-electron chi connectivity index (χ1n) is 7.45. The topological polar surface area (TPSA) is 38.1 Å². The predicted molar refractivity (Wildman–Crippen MR) is 91.0 cm³/mol. The minimum atomic E-state index is 0.250. The molecule has 0 radical (unpaired) electrons. The summed E-state index contributed by atoms with van der Waals surface area (Å²) in [6.07, 6.45) is 0. The van der Waals surface area contributed by atoms with Crippen molar-refractivity contribution in [1.29, 1.82) is 0 Å². The molecule has 0 saturated carbocycles. The molecule has 0 bridgehead atoms. The number of benzene rings is 1. The normalized spacial score (nSPS) is 12.5. The minimum Gasteiger partial charge on any atom is -0.465 e. The molecule has 2 heterocycles. The number of furan rings is 1.